The fourth-order valence-electron chi connectivity index (χ4n) is 3.59. The molecule has 0 aromatic rings. The van der Waals surface area contributed by atoms with Crippen molar-refractivity contribution in [2.75, 3.05) is 0 Å². The molecule has 0 amide bonds. The minimum Gasteiger partial charge on any atom is -0.392 e. The molecule has 0 bridgehead atoms. The minimum absolute atomic E-state index is 0.145. The van der Waals surface area contributed by atoms with Gasteiger partial charge in [-0.25, -0.2) is 0 Å². The first-order valence-corrected chi connectivity index (χ1v) is 10.0. The van der Waals surface area contributed by atoms with E-state index in [9.17, 15) is 9.90 Å². The maximum absolute atomic E-state index is 10.8. The lowest BCUT2D eigenvalue weighted by molar-refractivity contribution is -0.117. The second-order valence-electron chi connectivity index (χ2n) is 7.57. The van der Waals surface area contributed by atoms with Gasteiger partial charge in [-0.1, -0.05) is 57.8 Å². The molecule has 1 fully saturated rings. The molecule has 1 rings (SSSR count). The van der Waals surface area contributed by atoms with Crippen molar-refractivity contribution >= 4 is 5.78 Å². The average molecular weight is 326 g/mol. The van der Waals surface area contributed by atoms with Gasteiger partial charge in [-0.05, 0) is 39.5 Å². The summed E-state index contributed by atoms with van der Waals surface area (Å²) < 4.78 is 0. The Morgan fingerprint density at radius 2 is 1.43 bits per heavy atom. The maximum atomic E-state index is 10.8. The summed E-state index contributed by atoms with van der Waals surface area (Å²) >= 11 is 0. The molecular weight excluding hydrogens is 286 g/mol. The van der Waals surface area contributed by atoms with Crippen LogP contribution < -0.4 is 5.32 Å². The van der Waals surface area contributed by atoms with Crippen molar-refractivity contribution in [2.45, 2.75) is 122 Å². The number of hydrogen-bond donors (Lipinski definition) is 2. The monoisotopic (exact) mass is 325 g/mol. The van der Waals surface area contributed by atoms with E-state index < -0.39 is 0 Å². The minimum atomic E-state index is -0.145. The van der Waals surface area contributed by atoms with E-state index in [4.69, 9.17) is 0 Å². The third-order valence-corrected chi connectivity index (χ3v) is 5.22. The quantitative estimate of drug-likeness (QED) is 0.480. The highest BCUT2D eigenvalue weighted by atomic mass is 16.3. The Kier molecular flexibility index (Phi) is 11.6. The molecule has 0 spiro atoms. The molecule has 1 saturated heterocycles. The molecule has 1 aliphatic heterocycles. The van der Waals surface area contributed by atoms with E-state index in [1.165, 1.54) is 64.2 Å². The van der Waals surface area contributed by atoms with Gasteiger partial charge in [0, 0.05) is 18.5 Å². The first-order valence-electron chi connectivity index (χ1n) is 10.0. The van der Waals surface area contributed by atoms with Crippen LogP contribution in [0.3, 0.4) is 0 Å². The molecule has 3 heteroatoms. The average Bonchev–Trinajstić information content (AvgIpc) is 2.51. The molecule has 23 heavy (non-hydrogen) atoms. The van der Waals surface area contributed by atoms with E-state index >= 15 is 0 Å². The van der Waals surface area contributed by atoms with Crippen LogP contribution in [0.15, 0.2) is 0 Å². The molecule has 0 aliphatic carbocycles. The van der Waals surface area contributed by atoms with Crippen molar-refractivity contribution in [2.24, 2.45) is 0 Å². The van der Waals surface area contributed by atoms with Gasteiger partial charge in [-0.15, -0.1) is 0 Å². The van der Waals surface area contributed by atoms with E-state index in [2.05, 4.69) is 12.2 Å². The predicted molar refractivity (Wildman–Crippen MR) is 97.7 cm³/mol. The summed E-state index contributed by atoms with van der Waals surface area (Å²) in [6.07, 6.45) is 17.1. The Hall–Kier alpha value is -0.410. The lowest BCUT2D eigenvalue weighted by atomic mass is 9.93. The summed E-state index contributed by atoms with van der Waals surface area (Å²) in [5.41, 5.74) is 0. The van der Waals surface area contributed by atoms with Crippen LogP contribution >= 0.6 is 0 Å². The van der Waals surface area contributed by atoms with E-state index in [0.717, 1.165) is 25.7 Å². The lowest BCUT2D eigenvalue weighted by Crippen LogP contribution is -2.48. The Labute approximate surface area is 143 Å². The van der Waals surface area contributed by atoms with Crippen molar-refractivity contribution < 1.29 is 9.90 Å². The maximum Gasteiger partial charge on any atom is 0.129 e. The number of Topliss-reactive ketones (excluding diaryl/α,β-unsaturated/α-hetero) is 1. The Morgan fingerprint density at radius 1 is 0.913 bits per heavy atom. The highest BCUT2D eigenvalue weighted by Gasteiger charge is 2.24. The Bertz CT molecular complexity index is 306. The summed E-state index contributed by atoms with van der Waals surface area (Å²) in [6.45, 7) is 3.78. The molecule has 136 valence electrons. The van der Waals surface area contributed by atoms with Gasteiger partial charge in [0.2, 0.25) is 0 Å². The van der Waals surface area contributed by atoms with Crippen LogP contribution in [-0.4, -0.2) is 29.1 Å². The highest BCUT2D eigenvalue weighted by Crippen LogP contribution is 2.18. The van der Waals surface area contributed by atoms with Gasteiger partial charge in [0.25, 0.3) is 0 Å². The van der Waals surface area contributed by atoms with Gasteiger partial charge in [0.15, 0.2) is 0 Å². The molecule has 0 aromatic heterocycles. The lowest BCUT2D eigenvalue weighted by Gasteiger charge is -2.32. The molecule has 1 aliphatic rings. The van der Waals surface area contributed by atoms with Gasteiger partial charge in [-0.2, -0.15) is 0 Å². The number of carbonyl (C=O) groups excluding carboxylic acids is 1. The third-order valence-electron chi connectivity index (χ3n) is 5.22. The number of rotatable bonds is 13. The molecule has 1 heterocycles. The molecular formula is C20H39NO2. The van der Waals surface area contributed by atoms with Crippen LogP contribution in [0.4, 0.5) is 0 Å². The third kappa shape index (κ3) is 10.9. The van der Waals surface area contributed by atoms with E-state index in [1.54, 1.807) is 6.92 Å². The van der Waals surface area contributed by atoms with Crippen LogP contribution in [0, 0.1) is 0 Å². The van der Waals surface area contributed by atoms with Crippen molar-refractivity contribution in [3.05, 3.63) is 0 Å². The van der Waals surface area contributed by atoms with Crippen molar-refractivity contribution in [1.29, 1.82) is 0 Å². The SMILES string of the molecule is CC(=O)CCCCCCCCCCCC[C@H]1CC[C@H](O)[C@H](C)N1. The number of carbonyl (C=O) groups is 1. The van der Waals surface area contributed by atoms with Gasteiger partial charge in [0.1, 0.15) is 5.78 Å². The molecule has 0 unspecified atom stereocenters. The topological polar surface area (TPSA) is 49.3 Å². The number of aliphatic hydroxyl groups is 1. The van der Waals surface area contributed by atoms with Gasteiger partial charge < -0.3 is 15.2 Å². The smallest absolute Gasteiger partial charge is 0.129 e. The summed E-state index contributed by atoms with van der Waals surface area (Å²) in [5.74, 6) is 0.332. The highest BCUT2D eigenvalue weighted by molar-refractivity contribution is 5.75. The first-order chi connectivity index (χ1) is 11.1. The van der Waals surface area contributed by atoms with Crippen molar-refractivity contribution in [3.63, 3.8) is 0 Å². The normalized spacial score (nSPS) is 24.7. The van der Waals surface area contributed by atoms with Crippen LogP contribution in [-0.2, 0) is 4.79 Å². The van der Waals surface area contributed by atoms with Crippen molar-refractivity contribution in [3.8, 4) is 0 Å². The largest absolute Gasteiger partial charge is 0.392 e. The van der Waals surface area contributed by atoms with Crippen molar-refractivity contribution in [1.82, 2.24) is 5.32 Å². The summed E-state index contributed by atoms with van der Waals surface area (Å²) in [5, 5.41) is 13.2. The second-order valence-corrected chi connectivity index (χ2v) is 7.57. The van der Waals surface area contributed by atoms with Crippen LogP contribution in [0.2, 0.25) is 0 Å². The van der Waals surface area contributed by atoms with Gasteiger partial charge >= 0.3 is 0 Å². The number of ketones is 1. The van der Waals surface area contributed by atoms with E-state index in [-0.39, 0.29) is 12.1 Å². The first kappa shape index (κ1) is 20.6. The number of nitrogens with one attached hydrogen (secondary N) is 1. The fraction of sp³-hybridized carbons (Fsp3) is 0.950. The number of piperidine rings is 1. The van der Waals surface area contributed by atoms with Crippen LogP contribution in [0.1, 0.15) is 104 Å². The fourth-order valence-corrected chi connectivity index (χ4v) is 3.59. The Morgan fingerprint density at radius 3 is 1.96 bits per heavy atom. The number of hydrogen-bond acceptors (Lipinski definition) is 3. The molecule has 3 nitrogen and oxygen atoms in total. The van der Waals surface area contributed by atoms with Gasteiger partial charge in [-0.3, -0.25) is 0 Å². The van der Waals surface area contributed by atoms with Crippen LogP contribution in [0.5, 0.6) is 0 Å². The molecule has 3 atom stereocenters. The summed E-state index contributed by atoms with van der Waals surface area (Å²) in [7, 11) is 0. The standard InChI is InChI=1S/C20H39NO2/c1-17(22)13-11-9-7-5-3-4-6-8-10-12-14-19-15-16-20(23)18(2)21-19/h18-21,23H,3-16H2,1-2H3/t18-,19-,20-/m0/s1. The zero-order valence-electron chi connectivity index (χ0n) is 15.5. The van der Waals surface area contributed by atoms with Crippen LogP contribution in [0.25, 0.3) is 0 Å². The summed E-state index contributed by atoms with van der Waals surface area (Å²) in [6, 6.07) is 0.896. The number of aliphatic hydroxyl groups excluding tert-OH is 1. The molecule has 0 radical (unpaired) electrons. The van der Waals surface area contributed by atoms with E-state index in [1.807, 2.05) is 0 Å². The molecule has 2 N–H and O–H groups in total. The van der Waals surface area contributed by atoms with Gasteiger partial charge in [0.05, 0.1) is 6.10 Å². The number of unbranched alkanes of at least 4 members (excludes halogenated alkanes) is 9. The zero-order chi connectivity index (χ0) is 16.9. The summed E-state index contributed by atoms with van der Waals surface area (Å²) in [4.78, 5) is 10.8. The Balaban J connectivity index is 1.79. The molecule has 0 saturated carbocycles. The second kappa shape index (κ2) is 12.9. The van der Waals surface area contributed by atoms with E-state index in [0.29, 0.717) is 11.8 Å². The predicted octanol–water partition coefficient (Wildman–Crippen LogP) is 4.76. The zero-order valence-corrected chi connectivity index (χ0v) is 15.5. The molecule has 0 aromatic carbocycles.